The van der Waals surface area contributed by atoms with E-state index in [2.05, 4.69) is 64.1 Å². The van der Waals surface area contributed by atoms with Gasteiger partial charge in [-0.2, -0.15) is 0 Å². The summed E-state index contributed by atoms with van der Waals surface area (Å²) in [5.41, 5.74) is 165. The van der Waals surface area contributed by atoms with Crippen LogP contribution in [-0.4, -0.2) is 504 Å². The van der Waals surface area contributed by atoms with Crippen LogP contribution in [-0.2, 0) is 0 Å². The molecule has 0 aromatic rings. The van der Waals surface area contributed by atoms with Crippen molar-refractivity contribution in [2.24, 2.45) is 172 Å². The van der Waals surface area contributed by atoms with Gasteiger partial charge in [-0.3, -0.25) is 24.5 Å². The molecule has 130 heavy (non-hydrogen) atoms. The van der Waals surface area contributed by atoms with Gasteiger partial charge in [-0.1, -0.05) is 6.42 Å². The summed E-state index contributed by atoms with van der Waals surface area (Å²) >= 11 is 0. The third-order valence-corrected chi connectivity index (χ3v) is 20.6. The van der Waals surface area contributed by atoms with Crippen molar-refractivity contribution in [2.75, 3.05) is 445 Å². The van der Waals surface area contributed by atoms with Crippen molar-refractivity contribution in [1.29, 1.82) is 0 Å². The SMILES string of the molecule is NCCCCCN.NCCCN.NCCCN(CCCN)CCCCN(CCCN)CCCN.NCCCN(CCCN)CCCN.NCCCNCCCN.NCCN.NCCN(CCN)CCCCN(CCN)CCN.NCCN(CCN)CCN.NCCN(CCN)CCN(CCCCN(CCN(CCN)CCN)CCN(CCN)CCN)CCN(CCN)CCN. The summed E-state index contributed by atoms with van der Waals surface area (Å²) in [6.45, 7) is 58.9. The molecule has 0 aliphatic heterocycles. The highest BCUT2D eigenvalue weighted by atomic mass is 15.3. The lowest BCUT2D eigenvalue weighted by molar-refractivity contribution is 0.165. The Morgan fingerprint density at radius 3 is 0.323 bits per heavy atom. The van der Waals surface area contributed by atoms with Crippen LogP contribution in [0.2, 0.25) is 0 Å². The van der Waals surface area contributed by atoms with Crippen molar-refractivity contribution < 1.29 is 0 Å². The van der Waals surface area contributed by atoms with Gasteiger partial charge in [0.2, 0.25) is 0 Å². The zero-order chi connectivity index (χ0) is 99.2. The molecule has 43 nitrogen and oxygen atoms in total. The average Bonchev–Trinajstić information content (AvgIpc) is 0.934. The van der Waals surface area contributed by atoms with Gasteiger partial charge >= 0.3 is 0 Å². The lowest BCUT2D eigenvalue weighted by atomic mass is 10.2. The van der Waals surface area contributed by atoms with Gasteiger partial charge in [0.25, 0.3) is 0 Å². The van der Waals surface area contributed by atoms with Gasteiger partial charge in [0.15, 0.2) is 0 Å². The van der Waals surface area contributed by atoms with E-state index in [1.54, 1.807) is 0 Å². The lowest BCUT2D eigenvalue weighted by Gasteiger charge is -2.31. The Morgan fingerprint density at radius 2 is 0.200 bits per heavy atom. The van der Waals surface area contributed by atoms with E-state index in [1.165, 1.54) is 32.1 Å². The number of nitrogens with zero attached hydrogens (tertiary/aromatic N) is 12. The van der Waals surface area contributed by atoms with E-state index < -0.39 is 0 Å². The van der Waals surface area contributed by atoms with Crippen molar-refractivity contribution in [2.45, 2.75) is 122 Å². The maximum atomic E-state index is 5.85. The molecule has 0 aliphatic carbocycles. The molecule has 0 radical (unpaired) electrons. The second-order valence-electron chi connectivity index (χ2n) is 32.2. The first-order valence-corrected chi connectivity index (χ1v) is 50.8. The number of nitrogens with two attached hydrogens (primary N) is 30. The molecule has 43 heteroatoms. The third-order valence-electron chi connectivity index (χ3n) is 20.6. The van der Waals surface area contributed by atoms with E-state index in [-0.39, 0.29) is 0 Å². The smallest absolute Gasteiger partial charge is 0.0110 e. The zero-order valence-electron chi connectivity index (χ0n) is 84.7. The van der Waals surface area contributed by atoms with Gasteiger partial charge in [0.05, 0.1) is 0 Å². The van der Waals surface area contributed by atoms with Gasteiger partial charge in [0, 0.05) is 262 Å². The van der Waals surface area contributed by atoms with Crippen molar-refractivity contribution in [3.05, 3.63) is 0 Å². The van der Waals surface area contributed by atoms with E-state index in [9.17, 15) is 0 Å². The molecular formula is C87H235N43. The first-order chi connectivity index (χ1) is 63.4. The van der Waals surface area contributed by atoms with E-state index in [0.29, 0.717) is 111 Å². The van der Waals surface area contributed by atoms with E-state index in [4.69, 9.17) is 172 Å². The summed E-state index contributed by atoms with van der Waals surface area (Å²) in [4.78, 5) is 28.9. The fourth-order valence-electron chi connectivity index (χ4n) is 13.3. The standard InChI is InChI=1S/C28H72N14.C16H40N6.C12H32N6.C9H24N4.C6H18N4.C6H17N3.C5H14N2.C3H10N2.C2H8N2/c29-3-13-39(14-4-30)25-21-37(22-26-40(15-5-31)16-6-32)11-1-2-12-38(23-27-41(17-7-33)18-8-34)24-28-42(19-9-35)20-10-36;17-7-3-13-21(14-4-8-18)11-1-2-12-22(15-5-9-19)16-6-10-20;13-3-9-17(10-4-14)7-1-2-8-18(11-5-15)12-6-16;10-4-1-7-13(8-2-5-11)9-3-6-12;7-1-4-10(5-2-8)6-3-9;7-3-1-5-9-6-2-4-8;6-4-2-1-3-5-7;4-2-1-3-5;3-1-2-4/h1-36H2;1-20H2;1-16H2;1-12H2;1-9H2;9H,1-8H2;1-7H2;1-5H2;1-4H2. The molecule has 0 aliphatic rings. The Hall–Kier alpha value is -1.72. The van der Waals surface area contributed by atoms with Crippen molar-refractivity contribution in [3.63, 3.8) is 0 Å². The van der Waals surface area contributed by atoms with Crippen molar-refractivity contribution in [1.82, 2.24) is 64.1 Å². The van der Waals surface area contributed by atoms with Crippen LogP contribution in [0, 0.1) is 0 Å². The third kappa shape index (κ3) is 126. The molecule has 0 fully saturated rings. The quantitative estimate of drug-likeness (QED) is 0.0251. The number of rotatable bonds is 91. The minimum Gasteiger partial charge on any atom is -0.330 e. The number of hydrogen-bond acceptors (Lipinski definition) is 43. The Bertz CT molecular complexity index is 1620. The van der Waals surface area contributed by atoms with Crippen molar-refractivity contribution in [3.8, 4) is 0 Å². The van der Waals surface area contributed by atoms with Gasteiger partial charge in [-0.25, -0.2) is 0 Å². The highest BCUT2D eigenvalue weighted by Gasteiger charge is 2.16. The second-order valence-corrected chi connectivity index (χ2v) is 32.2. The monoisotopic (exact) mass is 1880 g/mol. The molecule has 0 spiro atoms. The molecule has 0 saturated heterocycles. The number of unbranched alkanes of at least 4 members (excludes halogenated alkanes) is 5. The highest BCUT2D eigenvalue weighted by molar-refractivity contribution is 4.74. The Kier molecular flexibility index (Phi) is 153. The van der Waals surface area contributed by atoms with Crippen molar-refractivity contribution >= 4 is 0 Å². The van der Waals surface area contributed by atoms with Crippen LogP contribution in [0.3, 0.4) is 0 Å². The molecule has 0 heterocycles. The predicted octanol–water partition coefficient (Wildman–Crippen LogP) is -11.7. The average molecular weight is 1880 g/mol. The molecule has 0 atom stereocenters. The minimum absolute atomic E-state index is 0.597. The summed E-state index contributed by atoms with van der Waals surface area (Å²) in [5.74, 6) is 0. The van der Waals surface area contributed by atoms with Crippen LogP contribution in [0.1, 0.15) is 122 Å². The first-order valence-electron chi connectivity index (χ1n) is 50.8. The molecule has 798 valence electrons. The summed E-state index contributed by atoms with van der Waals surface area (Å²) in [6, 6.07) is 0. The highest BCUT2D eigenvalue weighted by Crippen LogP contribution is 2.07. The molecule has 0 bridgehead atoms. The molecule has 0 saturated carbocycles. The largest absolute Gasteiger partial charge is 0.330 e. The van der Waals surface area contributed by atoms with E-state index in [0.717, 1.165) is 424 Å². The summed E-state index contributed by atoms with van der Waals surface area (Å²) in [6.07, 6.45) is 21.1. The topological polar surface area (TPSA) is 832 Å². The van der Waals surface area contributed by atoms with Crippen LogP contribution < -0.4 is 177 Å². The van der Waals surface area contributed by atoms with Gasteiger partial charge < -0.3 is 212 Å². The Labute approximate surface area is 799 Å². The van der Waals surface area contributed by atoms with Crippen LogP contribution in [0.15, 0.2) is 0 Å². The van der Waals surface area contributed by atoms with Crippen LogP contribution in [0.4, 0.5) is 0 Å². The van der Waals surface area contributed by atoms with Gasteiger partial charge in [-0.15, -0.1) is 0 Å². The fourth-order valence-corrected chi connectivity index (χ4v) is 13.3. The van der Waals surface area contributed by atoms with Crippen LogP contribution in [0.25, 0.3) is 0 Å². The van der Waals surface area contributed by atoms with Crippen LogP contribution in [0.5, 0.6) is 0 Å². The second kappa shape index (κ2) is 136. The zero-order valence-corrected chi connectivity index (χ0v) is 84.7. The molecule has 0 rings (SSSR count). The maximum absolute atomic E-state index is 5.85. The number of nitrogens with one attached hydrogen (secondary N) is 1. The summed E-state index contributed by atoms with van der Waals surface area (Å²) in [7, 11) is 0. The van der Waals surface area contributed by atoms with Crippen LogP contribution >= 0.6 is 0 Å². The van der Waals surface area contributed by atoms with Gasteiger partial charge in [0.1, 0.15) is 0 Å². The first kappa shape index (κ1) is 146. The summed E-state index contributed by atoms with van der Waals surface area (Å²) < 4.78 is 0. The lowest BCUT2D eigenvalue weighted by Crippen LogP contribution is -2.44. The van der Waals surface area contributed by atoms with E-state index in [1.807, 2.05) is 0 Å². The normalized spacial score (nSPS) is 11.3. The molecule has 0 aromatic heterocycles. The molecule has 0 amide bonds. The predicted molar refractivity (Wildman–Crippen MR) is 570 cm³/mol. The molecular weight excluding hydrogens is 1650 g/mol. The Morgan fingerprint density at radius 1 is 0.0846 bits per heavy atom. The summed E-state index contributed by atoms with van der Waals surface area (Å²) in [5, 5.41) is 3.23. The number of hydrogen-bond donors (Lipinski definition) is 31. The molecule has 61 N–H and O–H groups in total. The molecule has 0 aromatic carbocycles. The van der Waals surface area contributed by atoms with E-state index >= 15 is 0 Å². The Balaban J connectivity index is -0.000000201. The fraction of sp³-hybridized carbons (Fsp3) is 1.00. The van der Waals surface area contributed by atoms with Gasteiger partial charge in [-0.05, 0) is 299 Å². The maximum Gasteiger partial charge on any atom is 0.0110 e. The molecule has 0 unspecified atom stereocenters. The minimum atomic E-state index is 0.597.